The van der Waals surface area contributed by atoms with Crippen LogP contribution in [0.25, 0.3) is 11.2 Å². The molecule has 0 radical (unpaired) electrons. The molecule has 1 aliphatic heterocycles. The number of rotatable bonds is 6. The quantitative estimate of drug-likeness (QED) is 0.463. The van der Waals surface area contributed by atoms with Gasteiger partial charge in [0, 0.05) is 19.0 Å². The van der Waals surface area contributed by atoms with Gasteiger partial charge < -0.3 is 14.6 Å². The summed E-state index contributed by atoms with van der Waals surface area (Å²) in [4.78, 5) is 35.3. The smallest absolute Gasteiger partial charge is 0.281 e. The van der Waals surface area contributed by atoms with Crippen LogP contribution >= 0.6 is 0 Å². The topological polar surface area (TPSA) is 106 Å². The average molecular weight is 473 g/mol. The first-order chi connectivity index (χ1) is 17.0. The van der Waals surface area contributed by atoms with Crippen LogP contribution in [0.15, 0.2) is 53.3 Å². The molecule has 0 saturated carbocycles. The summed E-state index contributed by atoms with van der Waals surface area (Å²) < 4.78 is 6.93. The van der Waals surface area contributed by atoms with E-state index >= 15 is 0 Å². The van der Waals surface area contributed by atoms with Crippen molar-refractivity contribution >= 4 is 17.1 Å². The number of hydrogen-bond donors (Lipinski definition) is 1. The maximum absolute atomic E-state index is 13.0. The maximum Gasteiger partial charge on any atom is 0.281 e. The zero-order valence-corrected chi connectivity index (χ0v) is 19.9. The highest BCUT2D eigenvalue weighted by atomic mass is 16.5. The Balaban J connectivity index is 1.35. The van der Waals surface area contributed by atoms with Gasteiger partial charge in [0.2, 0.25) is 5.91 Å². The van der Waals surface area contributed by atoms with Crippen molar-refractivity contribution in [2.45, 2.75) is 38.6 Å². The zero-order valence-electron chi connectivity index (χ0n) is 19.9. The van der Waals surface area contributed by atoms with Crippen molar-refractivity contribution < 1.29 is 9.53 Å². The summed E-state index contributed by atoms with van der Waals surface area (Å²) >= 11 is 0. The van der Waals surface area contributed by atoms with Crippen molar-refractivity contribution in [3.63, 3.8) is 0 Å². The highest BCUT2D eigenvalue weighted by Crippen LogP contribution is 2.25. The number of piperidine rings is 1. The van der Waals surface area contributed by atoms with E-state index in [0.717, 1.165) is 29.7 Å². The van der Waals surface area contributed by atoms with E-state index in [4.69, 9.17) is 9.72 Å². The van der Waals surface area contributed by atoms with Crippen LogP contribution < -0.4 is 10.3 Å². The van der Waals surface area contributed by atoms with E-state index in [1.807, 2.05) is 60.4 Å². The first kappa shape index (κ1) is 22.8. The molecular weight excluding hydrogens is 444 g/mol. The van der Waals surface area contributed by atoms with Gasteiger partial charge in [0.1, 0.15) is 11.6 Å². The summed E-state index contributed by atoms with van der Waals surface area (Å²) in [5.74, 6) is 1.31. The number of aryl methyl sites for hydroxylation is 1. The number of carbonyl (C=O) groups is 1. The predicted octanol–water partition coefficient (Wildman–Crippen LogP) is 2.83. The van der Waals surface area contributed by atoms with Crippen LogP contribution in [-0.4, -0.2) is 56.0 Å². The van der Waals surface area contributed by atoms with Crippen LogP contribution in [0.2, 0.25) is 0 Å². The minimum absolute atomic E-state index is 0.0532. The third-order valence-corrected chi connectivity index (χ3v) is 6.50. The van der Waals surface area contributed by atoms with Crippen molar-refractivity contribution in [1.82, 2.24) is 29.9 Å². The lowest BCUT2D eigenvalue weighted by Gasteiger charge is -2.32. The van der Waals surface area contributed by atoms with Gasteiger partial charge in [0.15, 0.2) is 11.2 Å². The summed E-state index contributed by atoms with van der Waals surface area (Å²) in [6.45, 7) is 3.72. The molecule has 1 atom stereocenters. The van der Waals surface area contributed by atoms with Crippen molar-refractivity contribution in [2.24, 2.45) is 0 Å². The van der Waals surface area contributed by atoms with Crippen LogP contribution in [0, 0.1) is 6.92 Å². The summed E-state index contributed by atoms with van der Waals surface area (Å²) in [5.41, 5.74) is 3.53. The molecule has 0 bridgehead atoms. The molecule has 0 aliphatic carbocycles. The summed E-state index contributed by atoms with van der Waals surface area (Å²) in [5, 5.41) is 8.23. The van der Waals surface area contributed by atoms with Gasteiger partial charge in [0.05, 0.1) is 20.1 Å². The first-order valence-corrected chi connectivity index (χ1v) is 11.8. The second-order valence-electron chi connectivity index (χ2n) is 9.06. The average Bonchev–Trinajstić information content (AvgIpc) is 3.28. The second kappa shape index (κ2) is 9.69. The van der Waals surface area contributed by atoms with E-state index < -0.39 is 0 Å². The van der Waals surface area contributed by atoms with Gasteiger partial charge in [0.25, 0.3) is 5.56 Å². The molecule has 5 rings (SSSR count). The Kier molecular flexibility index (Phi) is 6.31. The van der Waals surface area contributed by atoms with Crippen LogP contribution in [0.1, 0.15) is 41.3 Å². The van der Waals surface area contributed by atoms with Crippen molar-refractivity contribution in [1.29, 1.82) is 0 Å². The fourth-order valence-corrected chi connectivity index (χ4v) is 4.55. The van der Waals surface area contributed by atoms with Crippen molar-refractivity contribution in [3.8, 4) is 5.75 Å². The van der Waals surface area contributed by atoms with Crippen molar-refractivity contribution in [2.75, 3.05) is 20.2 Å². The highest BCUT2D eigenvalue weighted by Gasteiger charge is 2.27. The number of amides is 1. The third kappa shape index (κ3) is 4.94. The Hall–Kier alpha value is -4.01. The Bertz CT molecular complexity index is 1410. The van der Waals surface area contributed by atoms with Gasteiger partial charge in [-0.2, -0.15) is 0 Å². The molecule has 3 heterocycles. The van der Waals surface area contributed by atoms with Gasteiger partial charge in [-0.15, -0.1) is 5.10 Å². The molecule has 2 aromatic heterocycles. The zero-order chi connectivity index (χ0) is 24.4. The SMILES string of the molecule is COc1cccc(CC(=O)N2CCC[C@H](c3nc4c(nnn4Cc4ccc(C)cc4)c(=O)[nH]3)C2)c1. The minimum atomic E-state index is -0.306. The number of ether oxygens (including phenoxy) is 1. The Morgan fingerprint density at radius 3 is 2.80 bits per heavy atom. The summed E-state index contributed by atoms with van der Waals surface area (Å²) in [6.07, 6.45) is 1.99. The molecule has 9 nitrogen and oxygen atoms in total. The molecule has 1 aliphatic rings. The molecule has 0 unspecified atom stereocenters. The molecule has 9 heteroatoms. The van der Waals surface area contributed by atoms with Gasteiger partial charge >= 0.3 is 0 Å². The van der Waals surface area contributed by atoms with Gasteiger partial charge in [-0.3, -0.25) is 9.59 Å². The number of aromatic nitrogens is 5. The molecule has 1 amide bonds. The van der Waals surface area contributed by atoms with E-state index in [1.54, 1.807) is 11.8 Å². The standard InChI is InChI=1S/C26H28N6O3/c1-17-8-10-18(11-9-17)15-32-25-23(29-30-32)26(34)28-24(27-25)20-6-4-12-31(16-20)22(33)14-19-5-3-7-21(13-19)35-2/h3,5,7-11,13,20H,4,6,12,14-16H2,1-2H3,(H,27,28,34)/t20-/m0/s1. The van der Waals surface area contributed by atoms with Crippen LogP contribution in [0.5, 0.6) is 5.75 Å². The summed E-state index contributed by atoms with van der Waals surface area (Å²) in [6, 6.07) is 15.7. The monoisotopic (exact) mass is 472 g/mol. The van der Waals surface area contributed by atoms with Gasteiger partial charge in [-0.25, -0.2) is 9.67 Å². The lowest BCUT2D eigenvalue weighted by molar-refractivity contribution is -0.131. The van der Waals surface area contributed by atoms with E-state index in [-0.39, 0.29) is 22.9 Å². The molecule has 0 spiro atoms. The second-order valence-corrected chi connectivity index (χ2v) is 9.06. The Morgan fingerprint density at radius 1 is 1.17 bits per heavy atom. The normalized spacial score (nSPS) is 15.9. The largest absolute Gasteiger partial charge is 0.497 e. The number of likely N-dealkylation sites (tertiary alicyclic amines) is 1. The lowest BCUT2D eigenvalue weighted by Crippen LogP contribution is -2.40. The Labute approximate surface area is 202 Å². The molecule has 35 heavy (non-hydrogen) atoms. The summed E-state index contributed by atoms with van der Waals surface area (Å²) in [7, 11) is 1.61. The Morgan fingerprint density at radius 2 is 2.00 bits per heavy atom. The lowest BCUT2D eigenvalue weighted by atomic mass is 9.96. The van der Waals surface area contributed by atoms with Crippen LogP contribution in [0.3, 0.4) is 0 Å². The minimum Gasteiger partial charge on any atom is -0.497 e. The number of aromatic amines is 1. The number of carbonyl (C=O) groups excluding carboxylic acids is 1. The number of fused-ring (bicyclic) bond motifs is 1. The highest BCUT2D eigenvalue weighted by molar-refractivity contribution is 5.79. The number of benzene rings is 2. The van der Waals surface area contributed by atoms with E-state index in [1.165, 1.54) is 5.56 Å². The number of hydrogen-bond acceptors (Lipinski definition) is 6. The van der Waals surface area contributed by atoms with E-state index in [0.29, 0.717) is 37.5 Å². The molecule has 1 saturated heterocycles. The van der Waals surface area contributed by atoms with Gasteiger partial charge in [-0.05, 0) is 43.0 Å². The predicted molar refractivity (Wildman–Crippen MR) is 131 cm³/mol. The number of H-pyrrole nitrogens is 1. The van der Waals surface area contributed by atoms with E-state index in [9.17, 15) is 9.59 Å². The number of methoxy groups -OCH3 is 1. The maximum atomic E-state index is 13.0. The van der Waals surface area contributed by atoms with Crippen LogP contribution in [0.4, 0.5) is 0 Å². The van der Waals surface area contributed by atoms with Crippen LogP contribution in [-0.2, 0) is 17.8 Å². The third-order valence-electron chi connectivity index (χ3n) is 6.50. The van der Waals surface area contributed by atoms with E-state index in [2.05, 4.69) is 15.3 Å². The molecule has 1 fully saturated rings. The molecule has 2 aromatic carbocycles. The first-order valence-electron chi connectivity index (χ1n) is 11.8. The number of nitrogens with zero attached hydrogens (tertiary/aromatic N) is 5. The molecular formula is C26H28N6O3. The van der Waals surface area contributed by atoms with Gasteiger partial charge in [-0.1, -0.05) is 47.2 Å². The molecule has 1 N–H and O–H groups in total. The fraction of sp³-hybridized carbons (Fsp3) is 0.346. The number of nitrogens with one attached hydrogen (secondary N) is 1. The molecule has 4 aromatic rings. The fourth-order valence-electron chi connectivity index (χ4n) is 4.55. The van der Waals surface area contributed by atoms with Crippen molar-refractivity contribution in [3.05, 3.63) is 81.4 Å². The molecule has 180 valence electrons.